The fourth-order valence-corrected chi connectivity index (χ4v) is 2.53. The van der Waals surface area contributed by atoms with Crippen LogP contribution in [-0.2, 0) is 9.59 Å². The van der Waals surface area contributed by atoms with Gasteiger partial charge in [-0.3, -0.25) is 9.59 Å². The lowest BCUT2D eigenvalue weighted by Gasteiger charge is -2.31. The van der Waals surface area contributed by atoms with Gasteiger partial charge in [0.2, 0.25) is 11.8 Å². The molecule has 1 aromatic rings. The van der Waals surface area contributed by atoms with Crippen molar-refractivity contribution in [1.29, 1.82) is 0 Å². The van der Waals surface area contributed by atoms with E-state index in [-0.39, 0.29) is 17.7 Å². The van der Waals surface area contributed by atoms with E-state index in [1.807, 2.05) is 36.1 Å². The van der Waals surface area contributed by atoms with Crippen molar-refractivity contribution in [3.8, 4) is 5.75 Å². The van der Waals surface area contributed by atoms with Crippen LogP contribution in [0.2, 0.25) is 0 Å². The predicted octanol–water partition coefficient (Wildman–Crippen LogP) is 2.28. The van der Waals surface area contributed by atoms with Gasteiger partial charge in [-0.15, -0.1) is 0 Å². The average molecular weight is 290 g/mol. The standard InChI is InChI=1S/C16H22N2O3/c1-3-15(19)18-10-8-12(9-11-18)16(20)17-13-4-6-14(21-2)7-5-13/h4-7,12H,3,8-11H2,1-2H3,(H,17,20). The van der Waals surface area contributed by atoms with Crippen molar-refractivity contribution in [2.45, 2.75) is 26.2 Å². The number of anilines is 1. The van der Waals surface area contributed by atoms with E-state index in [1.54, 1.807) is 7.11 Å². The highest BCUT2D eigenvalue weighted by Crippen LogP contribution is 2.21. The first-order valence-electron chi connectivity index (χ1n) is 7.36. The molecule has 1 saturated heterocycles. The van der Waals surface area contributed by atoms with Crippen molar-refractivity contribution in [2.24, 2.45) is 5.92 Å². The molecule has 1 aliphatic rings. The van der Waals surface area contributed by atoms with Crippen LogP contribution in [0.5, 0.6) is 5.75 Å². The average Bonchev–Trinajstić information content (AvgIpc) is 2.55. The summed E-state index contributed by atoms with van der Waals surface area (Å²) < 4.78 is 5.09. The van der Waals surface area contributed by atoms with Crippen LogP contribution in [0.3, 0.4) is 0 Å². The summed E-state index contributed by atoms with van der Waals surface area (Å²) in [4.78, 5) is 25.7. The second-order valence-corrected chi connectivity index (χ2v) is 5.23. The summed E-state index contributed by atoms with van der Waals surface area (Å²) in [6.07, 6.45) is 1.99. The van der Waals surface area contributed by atoms with Crippen molar-refractivity contribution >= 4 is 17.5 Å². The first kappa shape index (κ1) is 15.4. The number of hydrogen-bond donors (Lipinski definition) is 1. The number of rotatable bonds is 4. The summed E-state index contributed by atoms with van der Waals surface area (Å²) in [6, 6.07) is 7.29. The maximum absolute atomic E-state index is 12.2. The van der Waals surface area contributed by atoms with Gasteiger partial charge in [0, 0.05) is 31.1 Å². The van der Waals surface area contributed by atoms with Crippen molar-refractivity contribution in [1.82, 2.24) is 4.90 Å². The molecule has 0 unspecified atom stereocenters. The Morgan fingerprint density at radius 3 is 2.38 bits per heavy atom. The summed E-state index contributed by atoms with van der Waals surface area (Å²) in [5.41, 5.74) is 0.771. The summed E-state index contributed by atoms with van der Waals surface area (Å²) in [5, 5.41) is 2.92. The molecule has 2 amide bonds. The number of likely N-dealkylation sites (tertiary alicyclic amines) is 1. The second-order valence-electron chi connectivity index (χ2n) is 5.23. The Morgan fingerprint density at radius 2 is 1.86 bits per heavy atom. The van der Waals surface area contributed by atoms with Crippen LogP contribution in [0.4, 0.5) is 5.69 Å². The van der Waals surface area contributed by atoms with Crippen LogP contribution in [0.15, 0.2) is 24.3 Å². The van der Waals surface area contributed by atoms with Crippen LogP contribution in [0.25, 0.3) is 0 Å². The van der Waals surface area contributed by atoms with Gasteiger partial charge in [-0.1, -0.05) is 6.92 Å². The quantitative estimate of drug-likeness (QED) is 0.925. The highest BCUT2D eigenvalue weighted by molar-refractivity contribution is 5.92. The number of amides is 2. The molecule has 2 rings (SSSR count). The van der Waals surface area contributed by atoms with Gasteiger partial charge in [0.25, 0.3) is 0 Å². The van der Waals surface area contributed by atoms with Crippen LogP contribution >= 0.6 is 0 Å². The van der Waals surface area contributed by atoms with Gasteiger partial charge in [-0.25, -0.2) is 0 Å². The molecular weight excluding hydrogens is 268 g/mol. The minimum atomic E-state index is -0.0204. The largest absolute Gasteiger partial charge is 0.497 e. The summed E-state index contributed by atoms with van der Waals surface area (Å²) in [6.45, 7) is 3.21. The van der Waals surface area contributed by atoms with Gasteiger partial charge in [-0.2, -0.15) is 0 Å². The fraction of sp³-hybridized carbons (Fsp3) is 0.500. The van der Waals surface area contributed by atoms with Crippen LogP contribution in [0, 0.1) is 5.92 Å². The Labute approximate surface area is 125 Å². The number of benzene rings is 1. The molecule has 114 valence electrons. The molecule has 0 bridgehead atoms. The molecule has 0 aliphatic carbocycles. The van der Waals surface area contributed by atoms with Crippen molar-refractivity contribution in [3.63, 3.8) is 0 Å². The number of carbonyl (C=O) groups excluding carboxylic acids is 2. The van der Waals surface area contributed by atoms with E-state index in [0.29, 0.717) is 19.5 Å². The third-order valence-electron chi connectivity index (χ3n) is 3.88. The molecule has 0 saturated carbocycles. The van der Waals surface area contributed by atoms with Crippen molar-refractivity contribution in [2.75, 3.05) is 25.5 Å². The Hall–Kier alpha value is -2.04. The summed E-state index contributed by atoms with van der Waals surface area (Å²) in [5.74, 6) is 0.945. The lowest BCUT2D eigenvalue weighted by molar-refractivity contribution is -0.134. The summed E-state index contributed by atoms with van der Waals surface area (Å²) >= 11 is 0. The number of ether oxygens (including phenoxy) is 1. The van der Waals surface area contributed by atoms with Gasteiger partial charge in [0.15, 0.2) is 0 Å². The number of nitrogens with one attached hydrogen (secondary N) is 1. The predicted molar refractivity (Wildman–Crippen MR) is 81.2 cm³/mol. The number of piperidine rings is 1. The monoisotopic (exact) mass is 290 g/mol. The molecule has 5 heteroatoms. The minimum Gasteiger partial charge on any atom is -0.497 e. The topological polar surface area (TPSA) is 58.6 Å². The Morgan fingerprint density at radius 1 is 1.24 bits per heavy atom. The van der Waals surface area contributed by atoms with E-state index >= 15 is 0 Å². The highest BCUT2D eigenvalue weighted by Gasteiger charge is 2.26. The maximum Gasteiger partial charge on any atom is 0.227 e. The molecular formula is C16H22N2O3. The number of carbonyl (C=O) groups is 2. The van der Waals surface area contributed by atoms with Gasteiger partial charge < -0.3 is 15.0 Å². The normalized spacial score (nSPS) is 15.6. The first-order chi connectivity index (χ1) is 10.1. The van der Waals surface area contributed by atoms with Crippen LogP contribution in [-0.4, -0.2) is 36.9 Å². The van der Waals surface area contributed by atoms with E-state index in [1.165, 1.54) is 0 Å². The zero-order chi connectivity index (χ0) is 15.2. The van der Waals surface area contributed by atoms with Crippen molar-refractivity contribution < 1.29 is 14.3 Å². The minimum absolute atomic E-state index is 0.0204. The molecule has 1 N–H and O–H groups in total. The molecule has 1 aromatic carbocycles. The molecule has 0 aromatic heterocycles. The van der Waals surface area contributed by atoms with E-state index < -0.39 is 0 Å². The smallest absolute Gasteiger partial charge is 0.227 e. The molecule has 1 heterocycles. The lowest BCUT2D eigenvalue weighted by atomic mass is 9.95. The molecule has 0 spiro atoms. The van der Waals surface area contributed by atoms with Crippen molar-refractivity contribution in [3.05, 3.63) is 24.3 Å². The third-order valence-corrected chi connectivity index (χ3v) is 3.88. The zero-order valence-electron chi connectivity index (χ0n) is 12.6. The second kappa shape index (κ2) is 7.11. The molecule has 1 aliphatic heterocycles. The Balaban J connectivity index is 1.85. The number of methoxy groups -OCH3 is 1. The number of nitrogens with zero attached hydrogens (tertiary/aromatic N) is 1. The fourth-order valence-electron chi connectivity index (χ4n) is 2.53. The molecule has 1 fully saturated rings. The van der Waals surface area contributed by atoms with E-state index in [9.17, 15) is 9.59 Å². The molecule has 0 atom stereocenters. The van der Waals surface area contributed by atoms with E-state index in [2.05, 4.69) is 5.32 Å². The van der Waals surface area contributed by atoms with Gasteiger partial charge in [0.05, 0.1) is 7.11 Å². The maximum atomic E-state index is 12.2. The third kappa shape index (κ3) is 3.97. The SMILES string of the molecule is CCC(=O)N1CCC(C(=O)Nc2ccc(OC)cc2)CC1. The van der Waals surface area contributed by atoms with Crippen LogP contribution in [0.1, 0.15) is 26.2 Å². The molecule has 0 radical (unpaired) electrons. The van der Waals surface area contributed by atoms with E-state index in [4.69, 9.17) is 4.74 Å². The van der Waals surface area contributed by atoms with E-state index in [0.717, 1.165) is 24.3 Å². The van der Waals surface area contributed by atoms with Gasteiger partial charge in [-0.05, 0) is 37.1 Å². The van der Waals surface area contributed by atoms with Gasteiger partial charge >= 0.3 is 0 Å². The summed E-state index contributed by atoms with van der Waals surface area (Å²) in [7, 11) is 1.61. The Bertz CT molecular complexity index is 491. The number of hydrogen-bond acceptors (Lipinski definition) is 3. The molecule has 21 heavy (non-hydrogen) atoms. The zero-order valence-corrected chi connectivity index (χ0v) is 12.6. The van der Waals surface area contributed by atoms with Gasteiger partial charge in [0.1, 0.15) is 5.75 Å². The highest BCUT2D eigenvalue weighted by atomic mass is 16.5. The van der Waals surface area contributed by atoms with Crippen LogP contribution < -0.4 is 10.1 Å². The first-order valence-corrected chi connectivity index (χ1v) is 7.36. The molecule has 5 nitrogen and oxygen atoms in total. The Kier molecular flexibility index (Phi) is 5.20. The lowest BCUT2D eigenvalue weighted by Crippen LogP contribution is -2.41.